The van der Waals surface area contributed by atoms with E-state index >= 15 is 0 Å². The van der Waals surface area contributed by atoms with Crippen LogP contribution >= 0.6 is 0 Å². The van der Waals surface area contributed by atoms with E-state index in [1.54, 1.807) is 0 Å². The molecule has 0 bridgehead atoms. The fraction of sp³-hybridized carbons (Fsp3) is 0.688. The summed E-state index contributed by atoms with van der Waals surface area (Å²) >= 11 is 0. The third kappa shape index (κ3) is 80.5. The fourth-order valence-corrected chi connectivity index (χ4v) is 3.31. The van der Waals surface area contributed by atoms with Crippen LogP contribution in [0.3, 0.4) is 0 Å². The van der Waals surface area contributed by atoms with Crippen molar-refractivity contribution >= 4 is 7.85 Å². The van der Waals surface area contributed by atoms with Gasteiger partial charge in [0.1, 0.15) is 14.1 Å². The Morgan fingerprint density at radius 1 is 0.692 bits per heavy atom. The van der Waals surface area contributed by atoms with E-state index < -0.39 is 24.9 Å². The molecule has 3 nitrogen and oxygen atoms in total. The summed E-state index contributed by atoms with van der Waals surface area (Å²) in [6.07, 6.45) is -1.04. The van der Waals surface area contributed by atoms with Gasteiger partial charge < -0.3 is 96.3 Å². The van der Waals surface area contributed by atoms with Crippen LogP contribution < -0.4 is 0 Å². The predicted octanol–water partition coefficient (Wildman–Crippen LogP) is 8.30. The summed E-state index contributed by atoms with van der Waals surface area (Å²) in [5, 5.41) is 0. The Bertz CT molecular complexity index is 530. The van der Waals surface area contributed by atoms with Crippen molar-refractivity contribution in [2.75, 3.05) is 6.61 Å². The average molecular weight is 1860 g/mol. The molecule has 0 aliphatic carbocycles. The van der Waals surface area contributed by atoms with Crippen LogP contribution in [0.2, 0.25) is 0 Å². The van der Waals surface area contributed by atoms with E-state index in [0.29, 0.717) is 17.8 Å². The Balaban J connectivity index is -0.0000000180. The van der Waals surface area contributed by atoms with Gasteiger partial charge in [0.25, 0.3) is 0 Å². The first kappa shape index (κ1) is 127. The summed E-state index contributed by atoms with van der Waals surface area (Å²) in [5.41, 5.74) is 0. The van der Waals surface area contributed by atoms with Crippen molar-refractivity contribution in [3.8, 4) is 0 Å². The molecule has 2 saturated heterocycles. The number of hydrogen-bond donors (Lipinski definition) is 0. The zero-order valence-electron chi connectivity index (χ0n) is 34.4. The monoisotopic (exact) mass is 1860 g/mol. The van der Waals surface area contributed by atoms with Gasteiger partial charge in [-0.3, -0.25) is 4.39 Å². The number of hydrogen-bond acceptors (Lipinski definition) is 3. The maximum absolute atomic E-state index is 10.9. The zero-order chi connectivity index (χ0) is 28.0. The molecule has 0 N–H and O–H groups in total. The summed E-state index contributed by atoms with van der Waals surface area (Å²) < 4.78 is 36.9. The molecule has 2 fully saturated rings. The average Bonchev–Trinajstić information content (AvgIpc) is 2.72. The van der Waals surface area contributed by atoms with Gasteiger partial charge in [-0.25, -0.2) is 0 Å². The first-order valence-corrected chi connectivity index (χ1v) is 12.4. The molecule has 11 atom stereocenters. The summed E-state index contributed by atoms with van der Waals surface area (Å²) in [4.78, 5) is 0. The van der Waals surface area contributed by atoms with Gasteiger partial charge in [0, 0.05) is 492 Å². The van der Waals surface area contributed by atoms with Gasteiger partial charge in [0.2, 0.25) is 0 Å². The van der Waals surface area contributed by atoms with Gasteiger partial charge in [-0.2, -0.15) is 5.92 Å². The largest absolute Gasteiger partial charge is 0.385 e. The summed E-state index contributed by atoms with van der Waals surface area (Å²) in [7, 11) is 5.96. The van der Waals surface area contributed by atoms with E-state index in [0.717, 1.165) is 6.42 Å². The number of ether oxygens (including phenoxy) is 3. The van der Waals surface area contributed by atoms with E-state index in [1.807, 2.05) is 20.8 Å². The second-order valence-corrected chi connectivity index (χ2v) is 9.82. The van der Waals surface area contributed by atoms with Crippen molar-refractivity contribution < 1.29 is 511 Å². The van der Waals surface area contributed by atoms with Crippen molar-refractivity contribution in [1.29, 1.82) is 0 Å². The van der Waals surface area contributed by atoms with Crippen molar-refractivity contribution in [3.05, 3.63) is 70.2 Å². The maximum Gasteiger partial charge on any atom is 0.131 e. The molecule has 4 unspecified atom stereocenters. The van der Waals surface area contributed by atoms with E-state index in [2.05, 4.69) is 69.2 Å². The van der Waals surface area contributed by atoms with Crippen molar-refractivity contribution in [2.24, 2.45) is 41.4 Å². The molecule has 0 spiro atoms. The fourth-order valence-electron chi connectivity index (χ4n) is 3.31. The zero-order valence-corrected chi connectivity index (χ0v) is 76.0. The summed E-state index contributed by atoms with van der Waals surface area (Å²) in [6.45, 7) is 41.3. The normalized spacial score (nSPS) is 25.4. The van der Waals surface area contributed by atoms with E-state index in [9.17, 15) is 4.39 Å². The molecule has 0 aromatic heterocycles. The second-order valence-electron chi connectivity index (χ2n) is 9.82. The van der Waals surface area contributed by atoms with Crippen LogP contribution in [0.25, 0.3) is 0 Å². The van der Waals surface area contributed by atoms with Gasteiger partial charge in [0.05, 0.1) is 18.8 Å². The maximum atomic E-state index is 10.9. The van der Waals surface area contributed by atoms with E-state index in [1.165, 1.54) is 6.92 Å². The van der Waals surface area contributed by atoms with Gasteiger partial charge in [-0.15, -0.1) is 25.7 Å². The molecule has 2 rings (SSSR count). The standard InChI is InChI=1S/C18H30BO3.2C4H8.C3H6F.CH4.2CH3.15Y/c1-7-16-13(5)12(4)14(6)18(22-16)20-9-15-8-10(2)11(3)17(19)21-15;2*1-4(2)3;1-3(2)4;;;;;;;;;;;;;;;;;;/h10-18H,3-4,6-9H2,1-2,5H3;2*4H,1-2H2,3H3;3H,1H2,2H3;1H4;2*1H3;;;;;;;;;;;;;;;/q-3;2*-2;-1;;2*-1;;;;;;;;;;;;;;;/t10-,11?,12-,13-,14?,15?,16?,17-,18+;;;3-;;;;;;;;;;;;;;;;;;/m0..0................../s1/i8D;;;;;;;;;;;;;;;;;;;;;/t8-,10-,11?,12-,13-,14?,15?,16?,17-,18+;;;;;;;;;;;;;;;;;;;;;. The summed E-state index contributed by atoms with van der Waals surface area (Å²) in [5.74, 6) is 1.17. The van der Waals surface area contributed by atoms with Crippen molar-refractivity contribution in [2.45, 2.75) is 92.5 Å². The molecular formula is C32H62BFO3Y15-10. The SMILES string of the molecule is C.[2H][C@@H]1C(CO[C@@H]2OC(CC)[C@@H](C)[C@H]([CH2-])C2[CH2-])O[C@H]([B])C([CH2-])[C@H]1C.[CH2-]C([CH2-])C.[CH2-]C([CH2-])C.[CH2-][C@@H](C)F.[CH3-].[CH3-].[Y].[Y].[Y].[Y].[Y].[Y].[Y].[Y].[Y].[Y].[Y].[Y].[Y].[Y].[Y]. The number of halogens is 1. The minimum Gasteiger partial charge on any atom is -0.385 e. The molecule has 0 aromatic carbocycles. The molecular weight excluding hydrogens is 1800 g/mol. The van der Waals surface area contributed by atoms with Gasteiger partial charge >= 0.3 is 0 Å². The minimum atomic E-state index is -0.917. The van der Waals surface area contributed by atoms with Crippen molar-refractivity contribution in [1.82, 2.24) is 0 Å². The van der Waals surface area contributed by atoms with E-state index in [4.69, 9.17) is 23.4 Å². The Labute approximate surface area is 709 Å². The Morgan fingerprint density at radius 3 is 1.25 bits per heavy atom. The first-order valence-electron chi connectivity index (χ1n) is 12.9. The molecule has 17 radical (unpaired) electrons. The number of alkyl halides is 1. The molecule has 0 saturated carbocycles. The van der Waals surface area contributed by atoms with Crippen LogP contribution in [0.4, 0.5) is 4.39 Å². The Kier molecular flexibility index (Phi) is 213. The molecule has 273 valence electrons. The third-order valence-corrected chi connectivity index (χ3v) is 5.24. The third-order valence-electron chi connectivity index (χ3n) is 5.24. The molecule has 2 heterocycles. The summed E-state index contributed by atoms with van der Waals surface area (Å²) in [6, 6.07) is -0.452. The van der Waals surface area contributed by atoms with Gasteiger partial charge in [0.15, 0.2) is 0 Å². The van der Waals surface area contributed by atoms with Crippen LogP contribution in [-0.2, 0) is 505 Å². The van der Waals surface area contributed by atoms with Gasteiger partial charge in [-0.05, 0) is 30.9 Å². The molecule has 52 heavy (non-hydrogen) atoms. The van der Waals surface area contributed by atoms with Crippen LogP contribution in [0.5, 0.6) is 0 Å². The molecule has 0 aromatic rings. The first-order chi connectivity index (χ1) is 16.0. The minimum absolute atomic E-state index is 0. The predicted molar refractivity (Wildman–Crippen MR) is 164 cm³/mol. The van der Waals surface area contributed by atoms with Crippen LogP contribution in [0.15, 0.2) is 0 Å². The van der Waals surface area contributed by atoms with Crippen LogP contribution in [0.1, 0.15) is 63.2 Å². The Hall–Kier alpha value is 16.4. The molecule has 2 aliphatic rings. The second kappa shape index (κ2) is 87.2. The van der Waals surface area contributed by atoms with Crippen LogP contribution in [0, 0.1) is 112 Å². The van der Waals surface area contributed by atoms with Crippen molar-refractivity contribution in [3.63, 3.8) is 0 Å². The smallest absolute Gasteiger partial charge is 0.131 e. The quantitative estimate of drug-likeness (QED) is 0.210. The Morgan fingerprint density at radius 2 is 0.981 bits per heavy atom. The topological polar surface area (TPSA) is 27.7 Å². The van der Waals surface area contributed by atoms with E-state index in [-0.39, 0.29) is 555 Å². The molecule has 2 aliphatic heterocycles. The number of rotatable bonds is 4. The van der Waals surface area contributed by atoms with Crippen LogP contribution in [-0.4, -0.2) is 45.1 Å². The van der Waals surface area contributed by atoms with Gasteiger partial charge in [-0.1, -0.05) is 41.0 Å². The molecule has 20 heteroatoms. The molecule has 0 amide bonds.